The summed E-state index contributed by atoms with van der Waals surface area (Å²) in [5, 5.41) is 4.33. The first kappa shape index (κ1) is 13.3. The van der Waals surface area contributed by atoms with Crippen LogP contribution in [0, 0.1) is 6.92 Å². The summed E-state index contributed by atoms with van der Waals surface area (Å²) >= 11 is 0. The largest absolute Gasteiger partial charge is 0.374 e. The van der Waals surface area contributed by atoms with E-state index in [1.807, 2.05) is 29.3 Å². The van der Waals surface area contributed by atoms with Crippen molar-refractivity contribution in [2.75, 3.05) is 19.7 Å². The molecule has 0 N–H and O–H groups in total. The molecular formula is C15H20N4O. The number of aryl methyl sites for hydroxylation is 1. The molecule has 0 aliphatic carbocycles. The van der Waals surface area contributed by atoms with Gasteiger partial charge in [0.1, 0.15) is 0 Å². The van der Waals surface area contributed by atoms with E-state index in [0.717, 1.165) is 32.8 Å². The molecule has 0 saturated carbocycles. The van der Waals surface area contributed by atoms with Gasteiger partial charge in [-0.1, -0.05) is 6.07 Å². The third-order valence-corrected chi connectivity index (χ3v) is 3.50. The number of morpholine rings is 1. The van der Waals surface area contributed by atoms with Gasteiger partial charge in [-0.2, -0.15) is 5.10 Å². The summed E-state index contributed by atoms with van der Waals surface area (Å²) in [5.41, 5.74) is 2.44. The second-order valence-electron chi connectivity index (χ2n) is 5.33. The molecule has 1 atom stereocenters. The zero-order valence-corrected chi connectivity index (χ0v) is 11.8. The maximum Gasteiger partial charge on any atom is 0.0898 e. The molecule has 106 valence electrons. The van der Waals surface area contributed by atoms with Gasteiger partial charge in [-0.15, -0.1) is 0 Å². The highest BCUT2D eigenvalue weighted by atomic mass is 16.5. The van der Waals surface area contributed by atoms with Gasteiger partial charge >= 0.3 is 0 Å². The first-order valence-corrected chi connectivity index (χ1v) is 7.01. The lowest BCUT2D eigenvalue weighted by Gasteiger charge is -2.32. The van der Waals surface area contributed by atoms with Crippen molar-refractivity contribution in [3.8, 4) is 0 Å². The first-order valence-electron chi connectivity index (χ1n) is 7.01. The summed E-state index contributed by atoms with van der Waals surface area (Å²) in [5.74, 6) is 0. The third-order valence-electron chi connectivity index (χ3n) is 3.50. The Bertz CT molecular complexity index is 540. The predicted molar refractivity (Wildman–Crippen MR) is 76.2 cm³/mol. The lowest BCUT2D eigenvalue weighted by molar-refractivity contribution is -0.0402. The number of ether oxygens (including phenoxy) is 1. The van der Waals surface area contributed by atoms with Crippen LogP contribution in [-0.4, -0.2) is 45.5 Å². The molecular weight excluding hydrogens is 252 g/mol. The number of hydrogen-bond acceptors (Lipinski definition) is 4. The molecule has 1 aliphatic rings. The molecule has 20 heavy (non-hydrogen) atoms. The van der Waals surface area contributed by atoms with Crippen molar-refractivity contribution in [3.05, 3.63) is 48.0 Å². The smallest absolute Gasteiger partial charge is 0.0898 e. The van der Waals surface area contributed by atoms with E-state index in [1.54, 1.807) is 0 Å². The van der Waals surface area contributed by atoms with Crippen LogP contribution in [0.25, 0.3) is 0 Å². The van der Waals surface area contributed by atoms with Crippen LogP contribution in [0.2, 0.25) is 0 Å². The Morgan fingerprint density at radius 1 is 1.40 bits per heavy atom. The number of rotatable bonds is 4. The molecule has 0 amide bonds. The van der Waals surface area contributed by atoms with E-state index in [0.29, 0.717) is 0 Å². The molecule has 1 saturated heterocycles. The summed E-state index contributed by atoms with van der Waals surface area (Å²) in [4.78, 5) is 6.59. The second-order valence-corrected chi connectivity index (χ2v) is 5.33. The second kappa shape index (κ2) is 6.15. The molecule has 0 unspecified atom stereocenters. The number of pyridine rings is 1. The van der Waals surface area contributed by atoms with Crippen molar-refractivity contribution < 1.29 is 4.74 Å². The van der Waals surface area contributed by atoms with Crippen LogP contribution in [0.5, 0.6) is 0 Å². The van der Waals surface area contributed by atoms with E-state index in [4.69, 9.17) is 4.74 Å². The van der Waals surface area contributed by atoms with Crippen molar-refractivity contribution in [1.82, 2.24) is 19.7 Å². The van der Waals surface area contributed by atoms with Crippen LogP contribution in [0.1, 0.15) is 11.1 Å². The summed E-state index contributed by atoms with van der Waals surface area (Å²) in [6.07, 6.45) is 7.90. The van der Waals surface area contributed by atoms with E-state index < -0.39 is 0 Å². The highest BCUT2D eigenvalue weighted by Crippen LogP contribution is 2.11. The molecule has 2 aromatic heterocycles. The van der Waals surface area contributed by atoms with Crippen molar-refractivity contribution in [1.29, 1.82) is 0 Å². The number of aromatic nitrogens is 3. The topological polar surface area (TPSA) is 43.2 Å². The average Bonchev–Trinajstić information content (AvgIpc) is 2.86. The van der Waals surface area contributed by atoms with Crippen LogP contribution in [0.15, 0.2) is 36.9 Å². The quantitative estimate of drug-likeness (QED) is 0.846. The maximum absolute atomic E-state index is 5.84. The molecule has 5 nitrogen and oxygen atoms in total. The van der Waals surface area contributed by atoms with Gasteiger partial charge in [-0.3, -0.25) is 14.6 Å². The van der Waals surface area contributed by atoms with E-state index in [-0.39, 0.29) is 6.10 Å². The highest BCUT2D eigenvalue weighted by Gasteiger charge is 2.21. The summed E-state index contributed by atoms with van der Waals surface area (Å²) < 4.78 is 7.81. The van der Waals surface area contributed by atoms with Crippen LogP contribution in [0.3, 0.4) is 0 Å². The maximum atomic E-state index is 5.84. The van der Waals surface area contributed by atoms with Crippen LogP contribution in [-0.2, 0) is 17.8 Å². The van der Waals surface area contributed by atoms with Gasteiger partial charge in [0.25, 0.3) is 0 Å². The Hall–Kier alpha value is -1.72. The standard InChI is InChI=1S/C15H20N4O/c1-13-7-17-19(9-13)12-15-11-18(5-6-20-15)10-14-3-2-4-16-8-14/h2-4,7-9,15H,5-6,10-12H2,1H3/t15-/m1/s1. The van der Waals surface area contributed by atoms with Gasteiger partial charge in [0, 0.05) is 38.2 Å². The first-order chi connectivity index (χ1) is 9.79. The normalized spacial score (nSPS) is 20.1. The third kappa shape index (κ3) is 3.43. The summed E-state index contributed by atoms with van der Waals surface area (Å²) in [7, 11) is 0. The lowest BCUT2D eigenvalue weighted by Crippen LogP contribution is -2.43. The van der Waals surface area contributed by atoms with Crippen LogP contribution < -0.4 is 0 Å². The fourth-order valence-electron chi connectivity index (χ4n) is 2.56. The summed E-state index contributed by atoms with van der Waals surface area (Å²) in [6.45, 7) is 6.51. The SMILES string of the molecule is Cc1cnn(C[C@H]2CN(Cc3cccnc3)CCO2)c1. The monoisotopic (exact) mass is 272 g/mol. The van der Waals surface area contributed by atoms with E-state index in [9.17, 15) is 0 Å². The van der Waals surface area contributed by atoms with E-state index in [1.165, 1.54) is 11.1 Å². The molecule has 1 aliphatic heterocycles. The zero-order chi connectivity index (χ0) is 13.8. The number of nitrogens with zero attached hydrogens (tertiary/aromatic N) is 4. The molecule has 3 heterocycles. The van der Waals surface area contributed by atoms with Crippen LogP contribution >= 0.6 is 0 Å². The zero-order valence-electron chi connectivity index (χ0n) is 11.8. The van der Waals surface area contributed by atoms with E-state index in [2.05, 4.69) is 34.2 Å². The Kier molecular flexibility index (Phi) is 4.08. The van der Waals surface area contributed by atoms with Gasteiger partial charge in [0.15, 0.2) is 0 Å². The van der Waals surface area contributed by atoms with Gasteiger partial charge in [0.05, 0.1) is 25.5 Å². The van der Waals surface area contributed by atoms with Crippen molar-refractivity contribution in [2.24, 2.45) is 0 Å². The fourth-order valence-corrected chi connectivity index (χ4v) is 2.56. The Morgan fingerprint density at radius 3 is 3.10 bits per heavy atom. The Morgan fingerprint density at radius 2 is 2.35 bits per heavy atom. The van der Waals surface area contributed by atoms with E-state index >= 15 is 0 Å². The van der Waals surface area contributed by atoms with Crippen molar-refractivity contribution in [3.63, 3.8) is 0 Å². The fraction of sp³-hybridized carbons (Fsp3) is 0.467. The number of hydrogen-bond donors (Lipinski definition) is 0. The minimum absolute atomic E-state index is 0.208. The van der Waals surface area contributed by atoms with Gasteiger partial charge in [0.2, 0.25) is 0 Å². The molecule has 2 aromatic rings. The van der Waals surface area contributed by atoms with Gasteiger partial charge < -0.3 is 4.74 Å². The summed E-state index contributed by atoms with van der Waals surface area (Å²) in [6, 6.07) is 4.11. The predicted octanol–water partition coefficient (Wildman–Crippen LogP) is 1.49. The average molecular weight is 272 g/mol. The van der Waals surface area contributed by atoms with Crippen molar-refractivity contribution in [2.45, 2.75) is 26.1 Å². The Balaban J connectivity index is 1.56. The molecule has 0 aromatic carbocycles. The molecule has 0 spiro atoms. The molecule has 0 radical (unpaired) electrons. The lowest BCUT2D eigenvalue weighted by atomic mass is 10.2. The molecule has 3 rings (SSSR count). The highest BCUT2D eigenvalue weighted by molar-refractivity contribution is 5.08. The van der Waals surface area contributed by atoms with Crippen molar-refractivity contribution >= 4 is 0 Å². The molecule has 0 bridgehead atoms. The molecule has 1 fully saturated rings. The van der Waals surface area contributed by atoms with Crippen LogP contribution in [0.4, 0.5) is 0 Å². The minimum Gasteiger partial charge on any atom is -0.374 e. The van der Waals surface area contributed by atoms with Gasteiger partial charge in [-0.05, 0) is 24.1 Å². The molecule has 5 heteroatoms. The minimum atomic E-state index is 0.208. The Labute approximate surface area is 119 Å². The van der Waals surface area contributed by atoms with Gasteiger partial charge in [-0.25, -0.2) is 0 Å².